The Balaban J connectivity index is 0.000000229. The lowest BCUT2D eigenvalue weighted by Crippen LogP contribution is -2.39. The molecule has 2 aliphatic heterocycles. The van der Waals surface area contributed by atoms with Gasteiger partial charge in [-0.05, 0) is 106 Å². The molecule has 2 fully saturated rings. The van der Waals surface area contributed by atoms with E-state index in [1.807, 2.05) is 42.9 Å². The van der Waals surface area contributed by atoms with Crippen LogP contribution in [0.5, 0.6) is 0 Å². The molecule has 1 atom stereocenters. The second-order valence-corrected chi connectivity index (χ2v) is 26.7. The Morgan fingerprint density at radius 2 is 1.14 bits per heavy atom. The van der Waals surface area contributed by atoms with Crippen LogP contribution < -0.4 is 11.1 Å². The van der Waals surface area contributed by atoms with Crippen LogP contribution in [0.4, 0.5) is 5.69 Å². The summed E-state index contributed by atoms with van der Waals surface area (Å²) in [5, 5.41) is 28.4. The number of sulfone groups is 1. The maximum atomic E-state index is 11.5. The molecule has 2 aromatic carbocycles. The van der Waals surface area contributed by atoms with Gasteiger partial charge in [0.05, 0.1) is 121 Å². The molecule has 2 saturated heterocycles. The number of hydrogen-bond donors (Lipinski definition) is 2. The van der Waals surface area contributed by atoms with E-state index in [0.29, 0.717) is 116 Å². The van der Waals surface area contributed by atoms with Crippen LogP contribution in [-0.2, 0) is 80.5 Å². The molecule has 7 rings (SSSR count). The summed E-state index contributed by atoms with van der Waals surface area (Å²) in [6.07, 6.45) is 13.3. The van der Waals surface area contributed by atoms with Crippen LogP contribution in [0.25, 0.3) is 16.9 Å². The monoisotopic (exact) mass is 1180 g/mol. The highest BCUT2D eigenvalue weighted by atomic mass is 32.2. The van der Waals surface area contributed by atoms with Crippen molar-refractivity contribution >= 4 is 15.5 Å². The average molecular weight is 1180 g/mol. The highest BCUT2D eigenvalue weighted by Crippen LogP contribution is 2.22. The Hall–Kier alpha value is -4.79. The molecule has 1 unspecified atom stereocenters. The molecule has 0 radical (unpaired) electrons. The van der Waals surface area contributed by atoms with Crippen molar-refractivity contribution in [1.29, 1.82) is 0 Å². The van der Waals surface area contributed by atoms with Crippen LogP contribution in [0.15, 0.2) is 67.1 Å². The molecule has 0 saturated carbocycles. The van der Waals surface area contributed by atoms with Crippen LogP contribution in [0.2, 0.25) is 0 Å². The largest absolute Gasteiger partial charge is 0.399 e. The lowest BCUT2D eigenvalue weighted by Gasteiger charge is -2.25. The first-order chi connectivity index (χ1) is 39.7. The average Bonchev–Trinajstić information content (AvgIpc) is 4.45. The molecular formula is C60H100N12O10S. The molecule has 23 heteroatoms. The number of ether oxygens (including phenoxy) is 8. The molecule has 2 aliphatic rings. The highest BCUT2D eigenvalue weighted by Gasteiger charge is 2.22. The molecule has 3 N–H and O–H groups in total. The summed E-state index contributed by atoms with van der Waals surface area (Å²) >= 11 is 0. The van der Waals surface area contributed by atoms with Crippen LogP contribution in [0.3, 0.4) is 0 Å². The van der Waals surface area contributed by atoms with Crippen LogP contribution in [0.1, 0.15) is 124 Å². The summed E-state index contributed by atoms with van der Waals surface area (Å²) in [4.78, 5) is 2.09. The third-order valence-corrected chi connectivity index (χ3v) is 14.7. The molecule has 5 aromatic rings. The normalized spacial score (nSPS) is 15.8. The van der Waals surface area contributed by atoms with Crippen molar-refractivity contribution in [3.63, 3.8) is 0 Å². The van der Waals surface area contributed by atoms with Gasteiger partial charge in [-0.15, -0.1) is 15.3 Å². The molecule has 5 heterocycles. The SMILES string of the molecule is CC(C)(C)CCCOCCOCCOCCn1cc(-c2ccc(N)cc2)nn1.CC(C)(C)CCCOCCOCCOCCn1cc(CN2CCS(=O)(=O)CC2)nn1.CC(C)(C)NCc1ccc(-n2cc(COC3CCCCO3)nn2)cc1. The predicted octanol–water partition coefficient (Wildman–Crippen LogP) is 7.99. The van der Waals surface area contributed by atoms with Gasteiger partial charge in [-0.25, -0.2) is 22.5 Å². The number of nitrogens with two attached hydrogens (primary N) is 1. The van der Waals surface area contributed by atoms with Gasteiger partial charge in [-0.2, -0.15) is 0 Å². The molecule has 0 amide bonds. The zero-order chi connectivity index (χ0) is 59.8. The topological polar surface area (TPSA) is 241 Å². The number of nitrogens with one attached hydrogen (secondary N) is 1. The van der Waals surface area contributed by atoms with Gasteiger partial charge in [0.25, 0.3) is 0 Å². The van der Waals surface area contributed by atoms with Crippen LogP contribution in [0, 0.1) is 10.8 Å². The number of hydrogen-bond acceptors (Lipinski definition) is 19. The second-order valence-electron chi connectivity index (χ2n) is 24.4. The molecule has 3 aromatic heterocycles. The van der Waals surface area contributed by atoms with E-state index in [1.54, 1.807) is 14.0 Å². The number of rotatable bonds is 33. The standard InChI is InChI=1S/C21H34N4O3.C20H38N4O5S.C19H28N4O2/c1-21(2,3)9-4-11-26-13-15-28-16-14-27-12-10-25-17-20(23-24-25)18-5-7-19(22)8-6-18;1-20(2,3)5-4-9-27-11-13-29-14-12-28-10-6-24-18-19(21-22-24)17-23-7-15-30(25,26)16-8-23;1-19(2,3)20-12-15-7-9-17(10-8-15)23-13-16(21-22-23)14-25-18-6-4-5-11-24-18/h5-8,17H,4,9-16,22H2,1-3H3;18H,4-17H2,1-3H3;7-10,13,18,20H,4-6,11-12,14H2,1-3H3. The fraction of sp³-hybridized carbons (Fsp3) is 0.700. The fourth-order valence-electron chi connectivity index (χ4n) is 8.31. The molecular weight excluding hydrogens is 1080 g/mol. The number of aromatic nitrogens is 9. The van der Waals surface area contributed by atoms with Gasteiger partial charge < -0.3 is 48.9 Å². The molecule has 466 valence electrons. The van der Waals surface area contributed by atoms with Gasteiger partial charge >= 0.3 is 0 Å². The minimum atomic E-state index is -2.85. The maximum absolute atomic E-state index is 11.5. The van der Waals surface area contributed by atoms with E-state index in [1.165, 1.54) is 12.0 Å². The van der Waals surface area contributed by atoms with Crippen molar-refractivity contribution in [2.75, 3.05) is 116 Å². The van der Waals surface area contributed by atoms with E-state index in [9.17, 15) is 8.42 Å². The second kappa shape index (κ2) is 36.9. The Morgan fingerprint density at radius 3 is 1.69 bits per heavy atom. The summed E-state index contributed by atoms with van der Waals surface area (Å²) in [6, 6.07) is 15.9. The molecule has 0 bridgehead atoms. The first-order valence-electron chi connectivity index (χ1n) is 29.7. The Bertz CT molecular complexity index is 2570. The third-order valence-electron chi connectivity index (χ3n) is 13.1. The first kappa shape index (κ1) is 69.0. The van der Waals surface area contributed by atoms with E-state index in [4.69, 9.17) is 43.6 Å². The van der Waals surface area contributed by atoms with Crippen molar-refractivity contribution < 1.29 is 46.3 Å². The van der Waals surface area contributed by atoms with Crippen molar-refractivity contribution in [2.24, 2.45) is 10.8 Å². The highest BCUT2D eigenvalue weighted by molar-refractivity contribution is 7.91. The smallest absolute Gasteiger partial charge is 0.158 e. The van der Waals surface area contributed by atoms with E-state index in [-0.39, 0.29) is 23.3 Å². The summed E-state index contributed by atoms with van der Waals surface area (Å²) in [5.74, 6) is 0.445. The number of nitrogens with zero attached hydrogens (tertiary/aromatic N) is 10. The summed E-state index contributed by atoms with van der Waals surface area (Å²) in [7, 11) is -2.85. The lowest BCUT2D eigenvalue weighted by atomic mass is 9.91. The number of anilines is 1. The van der Waals surface area contributed by atoms with E-state index < -0.39 is 9.84 Å². The van der Waals surface area contributed by atoms with Crippen molar-refractivity contribution in [3.05, 3.63) is 84.1 Å². The van der Waals surface area contributed by atoms with Gasteiger partial charge in [0, 0.05) is 69.0 Å². The molecule has 0 aliphatic carbocycles. The molecule has 83 heavy (non-hydrogen) atoms. The number of nitrogen functional groups attached to an aromatic ring is 1. The van der Waals surface area contributed by atoms with Gasteiger partial charge in [0.15, 0.2) is 16.1 Å². The van der Waals surface area contributed by atoms with Gasteiger partial charge in [-0.1, -0.05) is 81.4 Å². The fourth-order valence-corrected chi connectivity index (χ4v) is 9.58. The predicted molar refractivity (Wildman–Crippen MR) is 322 cm³/mol. The van der Waals surface area contributed by atoms with E-state index >= 15 is 0 Å². The van der Waals surface area contributed by atoms with E-state index in [0.717, 1.165) is 98.9 Å². The minimum absolute atomic E-state index is 0.103. The summed E-state index contributed by atoms with van der Waals surface area (Å²) in [6.45, 7) is 32.4. The quantitative estimate of drug-likeness (QED) is 0.0299. The molecule has 0 spiro atoms. The van der Waals surface area contributed by atoms with Crippen molar-refractivity contribution in [1.82, 2.24) is 55.2 Å². The maximum Gasteiger partial charge on any atom is 0.158 e. The molecule has 22 nitrogen and oxygen atoms in total. The van der Waals surface area contributed by atoms with Crippen LogP contribution in [-0.4, -0.2) is 181 Å². The van der Waals surface area contributed by atoms with Gasteiger partial charge in [-0.3, -0.25) is 4.90 Å². The lowest BCUT2D eigenvalue weighted by molar-refractivity contribution is -0.169. The number of benzene rings is 2. The first-order valence-corrected chi connectivity index (χ1v) is 31.5. The Labute approximate surface area is 495 Å². The van der Waals surface area contributed by atoms with E-state index in [2.05, 4.69) is 128 Å². The Morgan fingerprint density at radius 1 is 0.614 bits per heavy atom. The Kier molecular flexibility index (Phi) is 30.7. The van der Waals surface area contributed by atoms with Crippen LogP contribution >= 0.6 is 0 Å². The van der Waals surface area contributed by atoms with Gasteiger partial charge in [0.2, 0.25) is 0 Å². The minimum Gasteiger partial charge on any atom is -0.399 e. The summed E-state index contributed by atoms with van der Waals surface area (Å²) in [5.41, 5.74) is 13.0. The zero-order valence-corrected chi connectivity index (χ0v) is 52.3. The van der Waals surface area contributed by atoms with Crippen molar-refractivity contribution in [2.45, 2.75) is 152 Å². The zero-order valence-electron chi connectivity index (χ0n) is 51.5. The summed E-state index contributed by atoms with van der Waals surface area (Å²) < 4.78 is 72.9. The third kappa shape index (κ3) is 31.8. The van der Waals surface area contributed by atoms with Gasteiger partial charge in [0.1, 0.15) is 11.4 Å². The van der Waals surface area contributed by atoms with Crippen molar-refractivity contribution in [3.8, 4) is 16.9 Å².